The van der Waals surface area contributed by atoms with Crippen molar-refractivity contribution in [2.75, 3.05) is 63.3 Å². The van der Waals surface area contributed by atoms with Crippen molar-refractivity contribution in [1.29, 1.82) is 0 Å². The molecule has 1 aliphatic rings. The molecule has 254 valence electrons. The topological polar surface area (TPSA) is 111 Å². The number of aliphatic hydroxyl groups is 1. The summed E-state index contributed by atoms with van der Waals surface area (Å²) in [6, 6.07) is 10.7. The van der Waals surface area contributed by atoms with E-state index in [4.69, 9.17) is 10.7 Å². The summed E-state index contributed by atoms with van der Waals surface area (Å²) in [5.41, 5.74) is 16.1. The molecule has 9 heteroatoms. The van der Waals surface area contributed by atoms with Gasteiger partial charge in [-0.05, 0) is 88.4 Å². The first-order valence-corrected chi connectivity index (χ1v) is 17.1. The molecule has 0 aliphatic carbocycles. The zero-order chi connectivity index (χ0) is 34.2. The molecular formula is C38H55N7O2. The fourth-order valence-corrected chi connectivity index (χ4v) is 6.14. The van der Waals surface area contributed by atoms with Gasteiger partial charge in [-0.2, -0.15) is 0 Å². The van der Waals surface area contributed by atoms with Crippen molar-refractivity contribution in [3.05, 3.63) is 76.3 Å². The summed E-state index contributed by atoms with van der Waals surface area (Å²) < 4.78 is 2.30. The van der Waals surface area contributed by atoms with Crippen LogP contribution in [0.25, 0.3) is 10.9 Å². The number of aliphatic imine (C=N–C) groups is 1. The van der Waals surface area contributed by atoms with E-state index in [9.17, 15) is 9.90 Å². The molecule has 1 atom stereocenters. The second kappa shape index (κ2) is 16.2. The predicted octanol–water partition coefficient (Wildman–Crippen LogP) is 6.28. The Hall–Kier alpha value is -4.08. The summed E-state index contributed by atoms with van der Waals surface area (Å²) in [6.45, 7) is 13.2. The van der Waals surface area contributed by atoms with Gasteiger partial charge in [0.15, 0.2) is 0 Å². The largest absolute Gasteiger partial charge is 0.397 e. The first kappa shape index (κ1) is 35.8. The van der Waals surface area contributed by atoms with Crippen LogP contribution in [-0.2, 0) is 17.8 Å². The summed E-state index contributed by atoms with van der Waals surface area (Å²) in [6.07, 6.45) is 7.80. The number of aryl methyl sites for hydroxylation is 2. The number of carbonyl (C=O) groups is 1. The van der Waals surface area contributed by atoms with E-state index in [2.05, 4.69) is 104 Å². The van der Waals surface area contributed by atoms with Crippen molar-refractivity contribution in [3.63, 3.8) is 0 Å². The van der Waals surface area contributed by atoms with E-state index in [1.54, 1.807) is 0 Å². The third-order valence-corrected chi connectivity index (χ3v) is 9.32. The number of amides is 1. The molecule has 47 heavy (non-hydrogen) atoms. The number of hydrogen-bond acceptors (Lipinski definition) is 7. The highest BCUT2D eigenvalue weighted by Crippen LogP contribution is 2.37. The maximum absolute atomic E-state index is 13.6. The number of aromatic nitrogens is 1. The fourth-order valence-electron chi connectivity index (χ4n) is 6.14. The van der Waals surface area contributed by atoms with E-state index in [-0.39, 0.29) is 25.0 Å². The lowest BCUT2D eigenvalue weighted by atomic mass is 9.95. The summed E-state index contributed by atoms with van der Waals surface area (Å²) in [7, 11) is 6.24. The van der Waals surface area contributed by atoms with Gasteiger partial charge in [0.05, 0.1) is 34.8 Å². The van der Waals surface area contributed by atoms with Crippen LogP contribution in [0.1, 0.15) is 76.5 Å². The Morgan fingerprint density at radius 2 is 1.96 bits per heavy atom. The molecule has 2 heterocycles. The summed E-state index contributed by atoms with van der Waals surface area (Å²) in [5, 5.41) is 17.1. The van der Waals surface area contributed by atoms with Crippen LogP contribution < -0.4 is 21.3 Å². The molecule has 2 aromatic carbocycles. The number of rotatable bonds is 15. The number of para-hydroxylation sites is 1. The van der Waals surface area contributed by atoms with Gasteiger partial charge in [-0.3, -0.25) is 4.79 Å². The normalized spacial score (nSPS) is 14.8. The first-order chi connectivity index (χ1) is 22.5. The number of anilines is 3. The van der Waals surface area contributed by atoms with Gasteiger partial charge in [0.1, 0.15) is 5.82 Å². The highest BCUT2D eigenvalue weighted by Gasteiger charge is 2.25. The second-order valence-corrected chi connectivity index (χ2v) is 12.9. The van der Waals surface area contributed by atoms with Crippen molar-refractivity contribution in [2.45, 2.75) is 72.8 Å². The molecule has 5 N–H and O–H groups in total. The number of nitrogens with two attached hydrogens (primary N) is 1. The molecule has 0 saturated carbocycles. The van der Waals surface area contributed by atoms with E-state index >= 15 is 0 Å². The third kappa shape index (κ3) is 8.08. The average Bonchev–Trinajstić information content (AvgIpc) is 3.44. The number of nitrogens with one attached hydrogen (secondary N) is 2. The Labute approximate surface area is 281 Å². The third-order valence-electron chi connectivity index (χ3n) is 9.32. The number of carbonyl (C=O) groups excluding carboxylic acids is 1. The molecule has 1 unspecified atom stereocenters. The lowest BCUT2D eigenvalue weighted by Crippen LogP contribution is -2.31. The molecule has 4 rings (SSSR count). The van der Waals surface area contributed by atoms with Crippen LogP contribution in [0.4, 0.5) is 17.1 Å². The molecule has 3 aromatic rings. The van der Waals surface area contributed by atoms with Crippen molar-refractivity contribution >= 4 is 39.6 Å². The van der Waals surface area contributed by atoms with Gasteiger partial charge in [-0.25, -0.2) is 4.99 Å². The van der Waals surface area contributed by atoms with Gasteiger partial charge in [-0.1, -0.05) is 45.0 Å². The van der Waals surface area contributed by atoms with E-state index < -0.39 is 0 Å². The van der Waals surface area contributed by atoms with Crippen LogP contribution in [0.2, 0.25) is 0 Å². The zero-order valence-electron chi connectivity index (χ0n) is 29.7. The predicted molar refractivity (Wildman–Crippen MR) is 199 cm³/mol. The molecular weight excluding hydrogens is 586 g/mol. The lowest BCUT2D eigenvalue weighted by Gasteiger charge is -2.27. The van der Waals surface area contributed by atoms with E-state index in [0.29, 0.717) is 22.8 Å². The number of nitrogen functional groups attached to an aromatic ring is 1. The van der Waals surface area contributed by atoms with Crippen molar-refractivity contribution in [1.82, 2.24) is 14.8 Å². The summed E-state index contributed by atoms with van der Waals surface area (Å²) in [4.78, 5) is 23.3. The SMILES string of the molecule is C\C=C(C(=O)NCCO)/C(=N/C(Nc1cc(N)c(N(C)CCN(C)C)cc1C(C)CC)=C(\C)CC)c1cn2c3c(cccc13)CCC2. The van der Waals surface area contributed by atoms with E-state index in [1.807, 2.05) is 19.1 Å². The van der Waals surface area contributed by atoms with Gasteiger partial charge in [0.25, 0.3) is 5.91 Å². The summed E-state index contributed by atoms with van der Waals surface area (Å²) >= 11 is 0. The Bertz CT molecular complexity index is 1660. The van der Waals surface area contributed by atoms with Crippen LogP contribution in [0, 0.1) is 0 Å². The first-order valence-electron chi connectivity index (χ1n) is 17.1. The Morgan fingerprint density at radius 1 is 1.19 bits per heavy atom. The maximum atomic E-state index is 13.6. The minimum Gasteiger partial charge on any atom is -0.397 e. The van der Waals surface area contributed by atoms with Crippen LogP contribution >= 0.6 is 0 Å². The van der Waals surface area contributed by atoms with Crippen LogP contribution in [-0.4, -0.2) is 73.6 Å². The number of likely N-dealkylation sites (N-methyl/N-ethyl adjacent to an activating group) is 2. The molecule has 1 aliphatic heterocycles. The maximum Gasteiger partial charge on any atom is 0.253 e. The number of allylic oxidation sites excluding steroid dienone is 2. The van der Waals surface area contributed by atoms with Crippen LogP contribution in [0.15, 0.2) is 64.6 Å². The molecule has 9 nitrogen and oxygen atoms in total. The van der Waals surface area contributed by atoms with E-state index in [1.165, 1.54) is 16.6 Å². The fraction of sp³-hybridized carbons (Fsp3) is 0.474. The number of nitrogens with zero attached hydrogens (tertiary/aromatic N) is 4. The van der Waals surface area contributed by atoms with Crippen molar-refractivity contribution in [3.8, 4) is 0 Å². The minimum atomic E-state index is -0.268. The second-order valence-electron chi connectivity index (χ2n) is 12.9. The van der Waals surface area contributed by atoms with E-state index in [0.717, 1.165) is 73.2 Å². The standard InChI is InChI=1S/C38H55N7O2/c1-9-25(4)30-22-34(44(8)20-19-43(6)7)32(39)23-33(30)41-37(26(5)10-2)42-35(28(11-3)38(47)40-17-21-46)31-24-45-18-13-15-27-14-12-16-29(31)36(27)45/h11-12,14,16,22-25,41,46H,9-10,13,15,17-21,39H2,1-8H3,(H,40,47)/b28-11+,37-26+,42-35-. The summed E-state index contributed by atoms with van der Waals surface area (Å²) in [5.74, 6) is 0.705. The van der Waals surface area contributed by atoms with Gasteiger partial charge in [0, 0.05) is 56.1 Å². The molecule has 0 radical (unpaired) electrons. The average molecular weight is 642 g/mol. The quantitative estimate of drug-likeness (QED) is 0.0884. The molecule has 0 bridgehead atoms. The number of benzene rings is 2. The highest BCUT2D eigenvalue weighted by atomic mass is 16.3. The monoisotopic (exact) mass is 641 g/mol. The molecule has 1 amide bonds. The zero-order valence-corrected chi connectivity index (χ0v) is 29.7. The molecule has 0 spiro atoms. The highest BCUT2D eigenvalue weighted by molar-refractivity contribution is 6.31. The minimum absolute atomic E-state index is 0.139. The van der Waals surface area contributed by atoms with Gasteiger partial charge < -0.3 is 35.8 Å². The molecule has 0 saturated heterocycles. The van der Waals surface area contributed by atoms with Crippen molar-refractivity contribution in [2.24, 2.45) is 4.99 Å². The van der Waals surface area contributed by atoms with Crippen molar-refractivity contribution < 1.29 is 9.90 Å². The van der Waals surface area contributed by atoms with Crippen LogP contribution in [0.5, 0.6) is 0 Å². The molecule has 1 aromatic heterocycles. The van der Waals surface area contributed by atoms with Gasteiger partial charge in [0.2, 0.25) is 0 Å². The van der Waals surface area contributed by atoms with Crippen LogP contribution in [0.3, 0.4) is 0 Å². The number of hydrogen-bond donors (Lipinski definition) is 4. The lowest BCUT2D eigenvalue weighted by molar-refractivity contribution is -0.117. The number of aliphatic hydroxyl groups excluding tert-OH is 1. The Morgan fingerprint density at radius 3 is 2.62 bits per heavy atom. The molecule has 0 fully saturated rings. The Kier molecular flexibility index (Phi) is 12.3. The van der Waals surface area contributed by atoms with Gasteiger partial charge in [-0.15, -0.1) is 0 Å². The van der Waals surface area contributed by atoms with Gasteiger partial charge >= 0.3 is 0 Å². The smallest absolute Gasteiger partial charge is 0.253 e. The Balaban J connectivity index is 1.90.